The van der Waals surface area contributed by atoms with Crippen molar-refractivity contribution in [2.75, 3.05) is 11.5 Å². The Kier molecular flexibility index (Phi) is 1.25. The Balaban J connectivity index is 1.91. The Hall–Kier alpha value is 0.270. The minimum absolute atomic E-state index is 0.866. The molecule has 0 unspecified atom stereocenters. The summed E-state index contributed by atoms with van der Waals surface area (Å²) in [6.07, 6.45) is 2.60. The Morgan fingerprint density at radius 1 is 1.22 bits per heavy atom. The molecule has 54 valence electrons. The van der Waals surface area contributed by atoms with E-state index in [1.807, 2.05) is 0 Å². The molecule has 0 bridgehead atoms. The zero-order chi connectivity index (χ0) is 6.32. The predicted octanol–water partition coefficient (Wildman–Crippen LogP) is 2.01. The standard InChI is InChI=1S/C6H12O2S/c1-6-2-4-9(5-3-6)7-8-9/h6H,2-5H2,1H3. The summed E-state index contributed by atoms with van der Waals surface area (Å²) in [5, 5.41) is 0. The first-order chi connectivity index (χ1) is 4.31. The highest BCUT2D eigenvalue weighted by Gasteiger charge is 2.41. The molecule has 0 radical (unpaired) electrons. The van der Waals surface area contributed by atoms with Crippen molar-refractivity contribution in [3.05, 3.63) is 0 Å². The van der Waals surface area contributed by atoms with Gasteiger partial charge in [-0.1, -0.05) is 6.92 Å². The molecular weight excluding hydrogens is 136 g/mol. The van der Waals surface area contributed by atoms with Gasteiger partial charge in [-0.15, -0.1) is 19.3 Å². The van der Waals surface area contributed by atoms with Crippen LogP contribution in [0.25, 0.3) is 0 Å². The van der Waals surface area contributed by atoms with Gasteiger partial charge in [0.1, 0.15) is 0 Å². The van der Waals surface area contributed by atoms with E-state index in [4.69, 9.17) is 8.67 Å². The molecule has 1 spiro atoms. The lowest BCUT2D eigenvalue weighted by Crippen LogP contribution is -2.11. The van der Waals surface area contributed by atoms with E-state index in [9.17, 15) is 0 Å². The molecule has 0 N–H and O–H groups in total. The maximum absolute atomic E-state index is 4.97. The molecule has 2 aliphatic rings. The van der Waals surface area contributed by atoms with Crippen molar-refractivity contribution < 1.29 is 8.67 Å². The summed E-state index contributed by atoms with van der Waals surface area (Å²) in [6, 6.07) is 0. The second kappa shape index (κ2) is 1.87. The smallest absolute Gasteiger partial charge is 0.0441 e. The van der Waals surface area contributed by atoms with Crippen LogP contribution in [-0.4, -0.2) is 11.5 Å². The summed E-state index contributed by atoms with van der Waals surface area (Å²) in [4.78, 5) is 0. The van der Waals surface area contributed by atoms with Crippen molar-refractivity contribution in [1.82, 2.24) is 0 Å². The third kappa shape index (κ3) is 1.09. The van der Waals surface area contributed by atoms with Gasteiger partial charge in [-0.05, 0) is 18.8 Å². The molecule has 0 aromatic carbocycles. The van der Waals surface area contributed by atoms with Gasteiger partial charge < -0.3 is 0 Å². The summed E-state index contributed by atoms with van der Waals surface area (Å²) < 4.78 is 9.94. The molecule has 0 aliphatic carbocycles. The van der Waals surface area contributed by atoms with Crippen LogP contribution in [0.2, 0.25) is 0 Å². The second-order valence-corrected chi connectivity index (χ2v) is 5.55. The van der Waals surface area contributed by atoms with Crippen LogP contribution in [0.3, 0.4) is 0 Å². The van der Waals surface area contributed by atoms with Crippen LogP contribution in [0.1, 0.15) is 19.8 Å². The van der Waals surface area contributed by atoms with Crippen molar-refractivity contribution >= 4 is 10.6 Å². The van der Waals surface area contributed by atoms with Crippen molar-refractivity contribution in [1.29, 1.82) is 0 Å². The normalized spacial score (nSPS) is 36.6. The first-order valence-electron chi connectivity index (χ1n) is 3.47. The highest BCUT2D eigenvalue weighted by Crippen LogP contribution is 2.68. The summed E-state index contributed by atoms with van der Waals surface area (Å²) in [5.74, 6) is 3.28. The molecule has 0 amide bonds. The zero-order valence-electron chi connectivity index (χ0n) is 5.63. The van der Waals surface area contributed by atoms with Gasteiger partial charge in [-0.2, -0.15) is 0 Å². The first kappa shape index (κ1) is 6.01. The average Bonchev–Trinajstić information content (AvgIpc) is 2.60. The van der Waals surface area contributed by atoms with Gasteiger partial charge in [0.25, 0.3) is 0 Å². The van der Waals surface area contributed by atoms with E-state index in [1.54, 1.807) is 0 Å². The quantitative estimate of drug-likeness (QED) is 0.388. The van der Waals surface area contributed by atoms with E-state index in [2.05, 4.69) is 6.92 Å². The van der Waals surface area contributed by atoms with Crippen LogP contribution in [0.5, 0.6) is 0 Å². The molecule has 2 aliphatic heterocycles. The van der Waals surface area contributed by atoms with Gasteiger partial charge in [0.05, 0.1) is 0 Å². The monoisotopic (exact) mass is 148 g/mol. The maximum Gasteiger partial charge on any atom is 0.0441 e. The highest BCUT2D eigenvalue weighted by molar-refractivity contribution is 8.29. The number of rotatable bonds is 0. The lowest BCUT2D eigenvalue weighted by Gasteiger charge is -2.24. The Morgan fingerprint density at radius 3 is 2.22 bits per heavy atom. The lowest BCUT2D eigenvalue weighted by molar-refractivity contribution is 0.0850. The average molecular weight is 148 g/mol. The third-order valence-corrected chi connectivity index (χ3v) is 4.34. The van der Waals surface area contributed by atoms with Gasteiger partial charge in [-0.25, -0.2) is 0 Å². The largest absolute Gasteiger partial charge is 0.127 e. The molecule has 2 saturated heterocycles. The summed E-state index contributed by atoms with van der Waals surface area (Å²) >= 11 is 0. The van der Waals surface area contributed by atoms with E-state index in [0.717, 1.165) is 5.92 Å². The van der Waals surface area contributed by atoms with E-state index < -0.39 is 10.6 Å². The topological polar surface area (TPSA) is 25.1 Å². The summed E-state index contributed by atoms with van der Waals surface area (Å²) in [5.41, 5.74) is 0. The SMILES string of the molecule is CC1CCS2(CC1)OO2. The minimum Gasteiger partial charge on any atom is -0.127 e. The van der Waals surface area contributed by atoms with Crippen LogP contribution >= 0.6 is 10.6 Å². The first-order valence-corrected chi connectivity index (χ1v) is 5.29. The van der Waals surface area contributed by atoms with Crippen LogP contribution in [0.4, 0.5) is 0 Å². The van der Waals surface area contributed by atoms with Gasteiger partial charge in [0.2, 0.25) is 0 Å². The second-order valence-electron chi connectivity index (χ2n) is 2.97. The minimum atomic E-state index is -0.866. The van der Waals surface area contributed by atoms with Crippen LogP contribution in [-0.2, 0) is 8.67 Å². The lowest BCUT2D eigenvalue weighted by atomic mass is 10.1. The van der Waals surface area contributed by atoms with Crippen LogP contribution in [0, 0.1) is 5.92 Å². The molecule has 0 aromatic rings. The van der Waals surface area contributed by atoms with Crippen molar-refractivity contribution in [2.45, 2.75) is 19.8 Å². The predicted molar refractivity (Wildman–Crippen MR) is 37.9 cm³/mol. The van der Waals surface area contributed by atoms with Gasteiger partial charge in [0.15, 0.2) is 0 Å². The fourth-order valence-electron chi connectivity index (χ4n) is 1.18. The molecule has 0 atom stereocenters. The van der Waals surface area contributed by atoms with Crippen molar-refractivity contribution in [2.24, 2.45) is 5.92 Å². The van der Waals surface area contributed by atoms with Gasteiger partial charge in [0, 0.05) is 11.5 Å². The molecule has 2 heterocycles. The molecule has 0 aromatic heterocycles. The zero-order valence-corrected chi connectivity index (χ0v) is 6.45. The Labute approximate surface area is 57.2 Å². The molecule has 3 heteroatoms. The molecule has 2 fully saturated rings. The number of hydrogen-bond donors (Lipinski definition) is 0. The molecule has 0 saturated carbocycles. The van der Waals surface area contributed by atoms with E-state index >= 15 is 0 Å². The Bertz CT molecular complexity index is 112. The van der Waals surface area contributed by atoms with E-state index in [-0.39, 0.29) is 0 Å². The molecule has 2 nitrogen and oxygen atoms in total. The van der Waals surface area contributed by atoms with E-state index in [0.29, 0.717) is 0 Å². The Morgan fingerprint density at radius 2 is 1.78 bits per heavy atom. The van der Waals surface area contributed by atoms with Gasteiger partial charge >= 0.3 is 0 Å². The fourth-order valence-corrected chi connectivity index (χ4v) is 3.50. The summed E-state index contributed by atoms with van der Waals surface area (Å²) in [6.45, 7) is 2.30. The van der Waals surface area contributed by atoms with Crippen LogP contribution < -0.4 is 0 Å². The van der Waals surface area contributed by atoms with Crippen LogP contribution in [0.15, 0.2) is 0 Å². The van der Waals surface area contributed by atoms with Gasteiger partial charge in [-0.3, -0.25) is 0 Å². The third-order valence-electron chi connectivity index (χ3n) is 2.10. The maximum atomic E-state index is 4.97. The molecule has 9 heavy (non-hydrogen) atoms. The van der Waals surface area contributed by atoms with E-state index in [1.165, 1.54) is 24.3 Å². The van der Waals surface area contributed by atoms with Crippen molar-refractivity contribution in [3.8, 4) is 0 Å². The highest BCUT2D eigenvalue weighted by atomic mass is 32.3. The summed E-state index contributed by atoms with van der Waals surface area (Å²) in [7, 11) is -0.866. The molecular formula is C6H12O2S. The number of hydrogen-bond acceptors (Lipinski definition) is 2. The molecule has 2 rings (SSSR count). The fraction of sp³-hybridized carbons (Fsp3) is 1.00. The van der Waals surface area contributed by atoms with Crippen molar-refractivity contribution in [3.63, 3.8) is 0 Å².